The van der Waals surface area contributed by atoms with Gasteiger partial charge >= 0.3 is 0 Å². The Bertz CT molecular complexity index is 992. The lowest BCUT2D eigenvalue weighted by atomic mass is 9.77. The largest absolute Gasteiger partial charge is 0.368 e. The molecule has 1 saturated heterocycles. The molecule has 1 amide bonds. The molecule has 168 valence electrons. The molecular weight excluding hydrogens is 402 g/mol. The summed E-state index contributed by atoms with van der Waals surface area (Å²) in [5.74, 6) is 1.44. The zero-order valence-corrected chi connectivity index (χ0v) is 18.7. The zero-order valence-electron chi connectivity index (χ0n) is 18.7. The number of anilines is 3. The molecule has 2 aromatic rings. The molecule has 3 aliphatic rings. The molecule has 32 heavy (non-hydrogen) atoms. The van der Waals surface area contributed by atoms with Gasteiger partial charge in [0, 0.05) is 57.1 Å². The highest BCUT2D eigenvalue weighted by Gasteiger charge is 2.37. The van der Waals surface area contributed by atoms with E-state index in [1.54, 1.807) is 6.92 Å². The third-order valence-electron chi connectivity index (χ3n) is 7.27. The maximum Gasteiger partial charge on any atom is 0.227 e. The first-order valence-corrected chi connectivity index (χ1v) is 11.8. The van der Waals surface area contributed by atoms with Crippen LogP contribution in [0.3, 0.4) is 0 Å². The molecule has 0 radical (unpaired) electrons. The molecule has 0 bridgehead atoms. The predicted octanol–water partition coefficient (Wildman–Crippen LogP) is 3.68. The first-order valence-electron chi connectivity index (χ1n) is 11.8. The number of amides is 1. The molecule has 1 aliphatic heterocycles. The van der Waals surface area contributed by atoms with Gasteiger partial charge in [0.15, 0.2) is 0 Å². The number of fused-ring (bicyclic) bond motifs is 1. The van der Waals surface area contributed by atoms with Gasteiger partial charge in [-0.2, -0.15) is 0 Å². The number of piperazine rings is 1. The van der Waals surface area contributed by atoms with E-state index in [-0.39, 0.29) is 11.8 Å². The fourth-order valence-corrected chi connectivity index (χ4v) is 5.45. The summed E-state index contributed by atoms with van der Waals surface area (Å²) < 4.78 is 0. The maximum atomic E-state index is 12.8. The molecule has 7 nitrogen and oxygen atoms in total. The minimum absolute atomic E-state index is 0.0548. The Morgan fingerprint density at radius 3 is 2.44 bits per heavy atom. The number of ketones is 1. The van der Waals surface area contributed by atoms with Crippen LogP contribution in [0.2, 0.25) is 0 Å². The van der Waals surface area contributed by atoms with E-state index >= 15 is 0 Å². The monoisotopic (exact) mass is 433 g/mol. The average Bonchev–Trinajstić information content (AvgIpc) is 3.34. The van der Waals surface area contributed by atoms with E-state index < -0.39 is 0 Å². The standard InChI is InChI=1S/C25H31N5O2/c1-17(31)29-12-14-30(15-13-29)21-9-7-20(8-10-21)27-25-26-16-19-6-11-22(32)23(24(19)28-25)18-4-2-3-5-18/h7-10,16,18,23H,2-6,11-15H2,1H3,(H,26,27,28). The van der Waals surface area contributed by atoms with Crippen LogP contribution in [0.15, 0.2) is 30.5 Å². The van der Waals surface area contributed by atoms with Gasteiger partial charge in [-0.25, -0.2) is 9.97 Å². The molecule has 1 unspecified atom stereocenters. The van der Waals surface area contributed by atoms with Crippen molar-refractivity contribution in [3.8, 4) is 0 Å². The summed E-state index contributed by atoms with van der Waals surface area (Å²) in [7, 11) is 0. The fourth-order valence-electron chi connectivity index (χ4n) is 5.45. The van der Waals surface area contributed by atoms with Crippen LogP contribution < -0.4 is 10.2 Å². The molecule has 0 spiro atoms. The molecule has 2 aliphatic carbocycles. The van der Waals surface area contributed by atoms with Crippen molar-refractivity contribution in [3.63, 3.8) is 0 Å². The first kappa shape index (κ1) is 20.9. The van der Waals surface area contributed by atoms with Crippen molar-refractivity contribution in [3.05, 3.63) is 41.7 Å². The summed E-state index contributed by atoms with van der Waals surface area (Å²) >= 11 is 0. The van der Waals surface area contributed by atoms with Gasteiger partial charge in [-0.05, 0) is 55.0 Å². The normalized spacial score (nSPS) is 21.5. The smallest absolute Gasteiger partial charge is 0.227 e. The third kappa shape index (κ3) is 4.20. The van der Waals surface area contributed by atoms with E-state index in [1.165, 1.54) is 12.8 Å². The van der Waals surface area contributed by atoms with Crippen LogP contribution in [0.25, 0.3) is 0 Å². The Balaban J connectivity index is 1.29. The first-order chi connectivity index (χ1) is 15.6. The van der Waals surface area contributed by atoms with Crippen LogP contribution in [0.4, 0.5) is 17.3 Å². The number of benzene rings is 1. The van der Waals surface area contributed by atoms with Crippen LogP contribution in [0.1, 0.15) is 56.2 Å². The Labute approximate surface area is 189 Å². The minimum Gasteiger partial charge on any atom is -0.368 e. The molecule has 1 aromatic heterocycles. The molecule has 1 N–H and O–H groups in total. The number of aryl methyl sites for hydroxylation is 1. The van der Waals surface area contributed by atoms with Gasteiger partial charge in [0.1, 0.15) is 5.78 Å². The van der Waals surface area contributed by atoms with Gasteiger partial charge in [-0.1, -0.05) is 12.8 Å². The van der Waals surface area contributed by atoms with Crippen molar-refractivity contribution in [1.82, 2.24) is 14.9 Å². The second-order valence-corrected chi connectivity index (χ2v) is 9.26. The molecule has 1 atom stereocenters. The number of carbonyl (C=O) groups is 2. The van der Waals surface area contributed by atoms with Crippen LogP contribution in [-0.2, 0) is 16.0 Å². The van der Waals surface area contributed by atoms with E-state index in [9.17, 15) is 9.59 Å². The lowest BCUT2D eigenvalue weighted by molar-refractivity contribution is -0.129. The van der Waals surface area contributed by atoms with Crippen LogP contribution >= 0.6 is 0 Å². The van der Waals surface area contributed by atoms with Crippen LogP contribution in [0.5, 0.6) is 0 Å². The van der Waals surface area contributed by atoms with Gasteiger partial charge in [-0.3, -0.25) is 9.59 Å². The summed E-state index contributed by atoms with van der Waals surface area (Å²) in [5.41, 5.74) is 4.16. The number of nitrogens with one attached hydrogen (secondary N) is 1. The van der Waals surface area contributed by atoms with Crippen LogP contribution in [-0.4, -0.2) is 52.7 Å². The average molecular weight is 434 g/mol. The molecular formula is C25H31N5O2. The second kappa shape index (κ2) is 8.88. The predicted molar refractivity (Wildman–Crippen MR) is 124 cm³/mol. The Morgan fingerprint density at radius 1 is 1.03 bits per heavy atom. The Hall–Kier alpha value is -2.96. The minimum atomic E-state index is -0.0548. The molecule has 2 heterocycles. The van der Waals surface area contributed by atoms with Crippen molar-refractivity contribution in [2.24, 2.45) is 5.92 Å². The van der Waals surface area contributed by atoms with E-state index in [1.807, 2.05) is 23.2 Å². The quantitative estimate of drug-likeness (QED) is 0.793. The van der Waals surface area contributed by atoms with E-state index in [0.29, 0.717) is 24.1 Å². The van der Waals surface area contributed by atoms with Crippen molar-refractivity contribution >= 4 is 29.0 Å². The zero-order chi connectivity index (χ0) is 22.1. The lowest BCUT2D eigenvalue weighted by Gasteiger charge is -2.35. The fraction of sp³-hybridized carbons (Fsp3) is 0.520. The third-order valence-corrected chi connectivity index (χ3v) is 7.27. The SMILES string of the molecule is CC(=O)N1CCN(c2ccc(Nc3ncc4c(n3)C(C3CCCC3)C(=O)CC4)cc2)CC1. The highest BCUT2D eigenvalue weighted by molar-refractivity contribution is 5.88. The lowest BCUT2D eigenvalue weighted by Crippen LogP contribution is -2.48. The highest BCUT2D eigenvalue weighted by atomic mass is 16.2. The van der Waals surface area contributed by atoms with Crippen molar-refractivity contribution in [2.75, 3.05) is 36.4 Å². The number of Topliss-reactive ketones (excluding diaryl/α,β-unsaturated/α-hetero) is 1. The summed E-state index contributed by atoms with van der Waals surface area (Å²) in [6.07, 6.45) is 7.97. The molecule has 2 fully saturated rings. The van der Waals surface area contributed by atoms with E-state index in [2.05, 4.69) is 27.3 Å². The number of hydrogen-bond donors (Lipinski definition) is 1. The van der Waals surface area contributed by atoms with Gasteiger partial charge in [0.05, 0.1) is 11.6 Å². The number of hydrogen-bond acceptors (Lipinski definition) is 6. The number of nitrogens with zero attached hydrogens (tertiary/aromatic N) is 4. The van der Waals surface area contributed by atoms with Gasteiger partial charge in [0.2, 0.25) is 11.9 Å². The number of rotatable bonds is 4. The topological polar surface area (TPSA) is 78.4 Å². The van der Waals surface area contributed by atoms with Gasteiger partial charge < -0.3 is 15.1 Å². The highest BCUT2D eigenvalue weighted by Crippen LogP contribution is 2.41. The Kier molecular flexibility index (Phi) is 5.81. The van der Waals surface area contributed by atoms with Gasteiger partial charge in [0.25, 0.3) is 0 Å². The van der Waals surface area contributed by atoms with Crippen molar-refractivity contribution in [2.45, 2.75) is 51.4 Å². The summed E-state index contributed by atoms with van der Waals surface area (Å²) in [6, 6.07) is 8.26. The Morgan fingerprint density at radius 2 is 1.75 bits per heavy atom. The second-order valence-electron chi connectivity index (χ2n) is 9.26. The summed E-state index contributed by atoms with van der Waals surface area (Å²) in [5, 5.41) is 3.33. The summed E-state index contributed by atoms with van der Waals surface area (Å²) in [6.45, 7) is 4.84. The molecule has 5 rings (SSSR count). The molecule has 1 aromatic carbocycles. The van der Waals surface area contributed by atoms with Crippen LogP contribution in [0, 0.1) is 5.92 Å². The van der Waals surface area contributed by atoms with E-state index in [4.69, 9.17) is 4.98 Å². The van der Waals surface area contributed by atoms with Gasteiger partial charge in [-0.15, -0.1) is 0 Å². The maximum absolute atomic E-state index is 12.8. The summed E-state index contributed by atoms with van der Waals surface area (Å²) in [4.78, 5) is 37.8. The molecule has 1 saturated carbocycles. The molecule has 7 heteroatoms. The van der Waals surface area contributed by atoms with Crippen molar-refractivity contribution < 1.29 is 9.59 Å². The number of aromatic nitrogens is 2. The van der Waals surface area contributed by atoms with E-state index in [0.717, 1.165) is 68.1 Å². The van der Waals surface area contributed by atoms with Crippen molar-refractivity contribution in [1.29, 1.82) is 0 Å². The number of carbonyl (C=O) groups excluding carboxylic acids is 2.